The largest absolute Gasteiger partial charge is 0.469 e. The first-order valence-electron chi connectivity index (χ1n) is 12.2. The van der Waals surface area contributed by atoms with E-state index in [-0.39, 0.29) is 30.5 Å². The number of esters is 1. The summed E-state index contributed by atoms with van der Waals surface area (Å²) in [6, 6.07) is 10.2. The zero-order valence-electron chi connectivity index (χ0n) is 21.0. The Labute approximate surface area is 215 Å². The van der Waals surface area contributed by atoms with Crippen LogP contribution in [0.1, 0.15) is 67.9 Å². The number of hydrogen-bond donors (Lipinski definition) is 1. The summed E-state index contributed by atoms with van der Waals surface area (Å²) in [7, 11) is -2.75. The van der Waals surface area contributed by atoms with Gasteiger partial charge in [-0.3, -0.25) is 9.59 Å². The van der Waals surface area contributed by atoms with Gasteiger partial charge in [-0.25, -0.2) is 17.2 Å². The smallest absolute Gasteiger partial charge is 0.313 e. The highest BCUT2D eigenvalue weighted by molar-refractivity contribution is 7.89. The second kappa shape index (κ2) is 9.89. The van der Waals surface area contributed by atoms with Crippen LogP contribution in [-0.2, 0) is 36.3 Å². The van der Waals surface area contributed by atoms with Crippen LogP contribution in [0.2, 0.25) is 0 Å². The summed E-state index contributed by atoms with van der Waals surface area (Å²) in [4.78, 5) is 24.7. The van der Waals surface area contributed by atoms with Crippen molar-refractivity contribution in [2.24, 2.45) is 0 Å². The van der Waals surface area contributed by atoms with Crippen LogP contribution >= 0.6 is 0 Å². The van der Waals surface area contributed by atoms with E-state index in [2.05, 4.69) is 4.74 Å². The number of methoxy groups -OCH3 is 1. The first-order valence-corrected chi connectivity index (χ1v) is 13.7. The van der Waals surface area contributed by atoms with Gasteiger partial charge in [0, 0.05) is 23.7 Å². The lowest BCUT2D eigenvalue weighted by Crippen LogP contribution is -2.58. The van der Waals surface area contributed by atoms with Crippen molar-refractivity contribution in [3.8, 4) is 0 Å². The molecule has 1 aliphatic carbocycles. The third kappa shape index (κ3) is 5.06. The van der Waals surface area contributed by atoms with Crippen molar-refractivity contribution in [3.05, 3.63) is 70.8 Å². The Morgan fingerprint density at radius 1 is 1.11 bits per heavy atom. The Kier molecular flexibility index (Phi) is 7.31. The molecule has 0 amide bonds. The number of rotatable bonds is 7. The summed E-state index contributed by atoms with van der Waals surface area (Å²) in [6.45, 7) is 2.85. The van der Waals surface area contributed by atoms with Gasteiger partial charge in [-0.1, -0.05) is 30.3 Å². The van der Waals surface area contributed by atoms with Crippen LogP contribution in [0, 0.1) is 11.6 Å². The number of carbonyl (C=O) groups excluding carboxylic acids is 2. The van der Waals surface area contributed by atoms with E-state index in [9.17, 15) is 23.1 Å². The van der Waals surface area contributed by atoms with Gasteiger partial charge >= 0.3 is 5.97 Å². The molecule has 1 heterocycles. The van der Waals surface area contributed by atoms with Crippen LogP contribution in [0.4, 0.5) is 8.78 Å². The van der Waals surface area contributed by atoms with Gasteiger partial charge in [-0.2, -0.15) is 4.31 Å². The lowest BCUT2D eigenvalue weighted by atomic mass is 9.54. The molecule has 200 valence electrons. The molecule has 0 bridgehead atoms. The van der Waals surface area contributed by atoms with Crippen molar-refractivity contribution >= 4 is 21.8 Å². The molecule has 2 aromatic rings. The summed E-state index contributed by atoms with van der Waals surface area (Å²) in [5, 5.41) is 9.55. The third-order valence-electron chi connectivity index (χ3n) is 7.61. The van der Waals surface area contributed by atoms with Crippen molar-refractivity contribution in [2.75, 3.05) is 7.11 Å². The fourth-order valence-electron chi connectivity index (χ4n) is 5.75. The molecule has 0 spiro atoms. The molecule has 4 rings (SSSR count). The fourth-order valence-corrected chi connectivity index (χ4v) is 7.94. The van der Waals surface area contributed by atoms with Crippen molar-refractivity contribution in [1.29, 1.82) is 0 Å². The number of carbonyl (C=O) groups is 2. The summed E-state index contributed by atoms with van der Waals surface area (Å²) < 4.78 is 63.6. The van der Waals surface area contributed by atoms with E-state index in [4.69, 9.17) is 0 Å². The van der Waals surface area contributed by atoms with Gasteiger partial charge in [-0.15, -0.1) is 0 Å². The number of hydrogen-bond acceptors (Lipinski definition) is 6. The number of benzene rings is 2. The van der Waals surface area contributed by atoms with Gasteiger partial charge in [0.05, 0.1) is 18.1 Å². The molecule has 2 aliphatic rings. The van der Waals surface area contributed by atoms with E-state index in [0.29, 0.717) is 18.4 Å². The first kappa shape index (κ1) is 27.3. The molecule has 1 saturated heterocycles. The third-order valence-corrected chi connectivity index (χ3v) is 9.98. The van der Waals surface area contributed by atoms with Gasteiger partial charge in [-0.05, 0) is 57.2 Å². The molecular formula is C27H31F2NO6S. The minimum absolute atomic E-state index is 0.160. The number of ether oxygens (including phenoxy) is 1. The maximum Gasteiger partial charge on any atom is 0.313 e. The standard InChI is InChI=1S/C27H31F2NO6S/c1-17-9-10-23(18-7-5-4-6-8-18)37(34,35)30(17)14-19-11-22(29)20(12-21(19)28)27(15-26(2,33)16-27)24(31)13-25(32)36-3/h4-8,11-12,17,23,33H,9-10,13-16H2,1-3H3/t17-,23+,26?,27?/m0/s1. The van der Waals surface area contributed by atoms with Gasteiger partial charge in [0.25, 0.3) is 0 Å². The van der Waals surface area contributed by atoms with Gasteiger partial charge in [0.2, 0.25) is 10.0 Å². The molecule has 0 aromatic heterocycles. The monoisotopic (exact) mass is 535 g/mol. The average Bonchev–Trinajstić information content (AvgIpc) is 2.82. The molecule has 2 fully saturated rings. The minimum atomic E-state index is -3.87. The Morgan fingerprint density at radius 2 is 1.76 bits per heavy atom. The lowest BCUT2D eigenvalue weighted by molar-refractivity contribution is -0.152. The maximum absolute atomic E-state index is 15.5. The number of nitrogens with zero attached hydrogens (tertiary/aromatic N) is 1. The molecule has 2 aromatic carbocycles. The van der Waals surface area contributed by atoms with Crippen LogP contribution < -0.4 is 0 Å². The molecule has 1 aliphatic heterocycles. The fraction of sp³-hybridized carbons (Fsp3) is 0.481. The minimum Gasteiger partial charge on any atom is -0.469 e. The molecule has 1 saturated carbocycles. The van der Waals surface area contributed by atoms with E-state index in [0.717, 1.165) is 19.2 Å². The van der Waals surface area contributed by atoms with Crippen molar-refractivity contribution in [3.63, 3.8) is 0 Å². The second-order valence-electron chi connectivity index (χ2n) is 10.4. The quantitative estimate of drug-likeness (QED) is 0.426. The number of Topliss-reactive ketones (excluding diaryl/α,β-unsaturated/α-hetero) is 1. The van der Waals surface area contributed by atoms with Crippen LogP contribution in [0.3, 0.4) is 0 Å². The number of aliphatic hydroxyl groups is 1. The van der Waals surface area contributed by atoms with Crippen LogP contribution in [0.25, 0.3) is 0 Å². The highest BCUT2D eigenvalue weighted by Crippen LogP contribution is 2.52. The van der Waals surface area contributed by atoms with Crippen LogP contribution in [0.5, 0.6) is 0 Å². The Hall–Kier alpha value is -2.69. The SMILES string of the molecule is COC(=O)CC(=O)C1(c2cc(F)c(CN3[C@@H](C)CC[C@H](c4ccccc4)S3(=O)=O)cc2F)CC(C)(O)C1. The van der Waals surface area contributed by atoms with Gasteiger partial charge < -0.3 is 9.84 Å². The molecule has 37 heavy (non-hydrogen) atoms. The molecule has 1 N–H and O–H groups in total. The van der Waals surface area contributed by atoms with Crippen LogP contribution in [-0.4, -0.2) is 48.3 Å². The van der Waals surface area contributed by atoms with E-state index < -0.39 is 62.1 Å². The molecule has 2 atom stereocenters. The summed E-state index contributed by atoms with van der Waals surface area (Å²) in [6.07, 6.45) is -0.0186. The predicted octanol–water partition coefficient (Wildman–Crippen LogP) is 3.94. The normalized spacial score (nSPS) is 29.4. The topological polar surface area (TPSA) is 101 Å². The van der Waals surface area contributed by atoms with Gasteiger partial charge in [0.15, 0.2) is 5.78 Å². The Bertz CT molecular complexity index is 1300. The van der Waals surface area contributed by atoms with Gasteiger partial charge in [0.1, 0.15) is 23.3 Å². The maximum atomic E-state index is 15.5. The zero-order valence-corrected chi connectivity index (χ0v) is 21.9. The first-order chi connectivity index (χ1) is 17.3. The number of ketones is 1. The highest BCUT2D eigenvalue weighted by atomic mass is 32.2. The van der Waals surface area contributed by atoms with E-state index in [1.54, 1.807) is 37.3 Å². The molecule has 7 nitrogen and oxygen atoms in total. The molecular weight excluding hydrogens is 504 g/mol. The highest BCUT2D eigenvalue weighted by Gasteiger charge is 2.58. The van der Waals surface area contributed by atoms with E-state index in [1.165, 1.54) is 11.2 Å². The number of sulfonamides is 1. The van der Waals surface area contributed by atoms with Crippen molar-refractivity contribution in [2.45, 2.75) is 74.8 Å². The number of halogens is 2. The van der Waals surface area contributed by atoms with E-state index >= 15 is 8.78 Å². The summed E-state index contributed by atoms with van der Waals surface area (Å²) in [5.41, 5.74) is -2.64. The van der Waals surface area contributed by atoms with Crippen molar-refractivity contribution < 1.29 is 36.6 Å². The lowest BCUT2D eigenvalue weighted by Gasteiger charge is -2.51. The molecule has 0 unspecified atom stereocenters. The Morgan fingerprint density at radius 3 is 2.35 bits per heavy atom. The van der Waals surface area contributed by atoms with E-state index in [1.807, 2.05) is 0 Å². The average molecular weight is 536 g/mol. The predicted molar refractivity (Wildman–Crippen MR) is 132 cm³/mol. The molecule has 10 heteroatoms. The summed E-state index contributed by atoms with van der Waals surface area (Å²) >= 11 is 0. The summed E-state index contributed by atoms with van der Waals surface area (Å²) in [5.74, 6) is -3.25. The van der Waals surface area contributed by atoms with Crippen LogP contribution in [0.15, 0.2) is 42.5 Å². The molecule has 0 radical (unpaired) electrons. The zero-order chi connectivity index (χ0) is 27.2. The Balaban J connectivity index is 1.66. The van der Waals surface area contributed by atoms with Crippen molar-refractivity contribution in [1.82, 2.24) is 4.31 Å². The second-order valence-corrected chi connectivity index (χ2v) is 12.5.